The van der Waals surface area contributed by atoms with Crippen LogP contribution in [0.5, 0.6) is 0 Å². The molecule has 0 heterocycles. The second-order valence-electron chi connectivity index (χ2n) is 4.36. The van der Waals surface area contributed by atoms with Crippen molar-refractivity contribution in [1.82, 2.24) is 4.90 Å². The lowest BCUT2D eigenvalue weighted by molar-refractivity contribution is 0.401. The van der Waals surface area contributed by atoms with Gasteiger partial charge in [0.15, 0.2) is 0 Å². The average Bonchev–Trinajstić information content (AvgIpc) is 2.28. The minimum absolute atomic E-state index is 0.337. The van der Waals surface area contributed by atoms with Crippen LogP contribution in [-0.4, -0.2) is 39.1 Å². The highest BCUT2D eigenvalue weighted by Gasteiger charge is 2.08. The van der Waals surface area contributed by atoms with Crippen molar-refractivity contribution in [3.8, 4) is 6.07 Å². The summed E-state index contributed by atoms with van der Waals surface area (Å²) >= 11 is 0. The summed E-state index contributed by atoms with van der Waals surface area (Å²) in [4.78, 5) is 3.98. The molecule has 17 heavy (non-hydrogen) atoms. The van der Waals surface area contributed by atoms with Gasteiger partial charge in [0.05, 0.1) is 17.3 Å². The SMILES string of the molecule is CN(C)CCCN(C)c1ccc(C#N)cc1F. The summed E-state index contributed by atoms with van der Waals surface area (Å²) in [6.45, 7) is 1.77. The van der Waals surface area contributed by atoms with Gasteiger partial charge in [-0.15, -0.1) is 0 Å². The van der Waals surface area contributed by atoms with Crippen LogP contribution in [0.15, 0.2) is 18.2 Å². The second-order valence-corrected chi connectivity index (χ2v) is 4.36. The Hall–Kier alpha value is -1.60. The van der Waals surface area contributed by atoms with Crippen molar-refractivity contribution in [2.45, 2.75) is 6.42 Å². The van der Waals surface area contributed by atoms with Crippen molar-refractivity contribution < 1.29 is 4.39 Å². The Bertz CT molecular complexity index is 410. The van der Waals surface area contributed by atoms with E-state index < -0.39 is 0 Å². The maximum atomic E-state index is 13.7. The van der Waals surface area contributed by atoms with Gasteiger partial charge in [-0.05, 0) is 45.3 Å². The summed E-state index contributed by atoms with van der Waals surface area (Å²) in [5, 5.41) is 8.66. The predicted molar refractivity (Wildman–Crippen MR) is 67.6 cm³/mol. The molecule has 0 unspecified atom stereocenters. The smallest absolute Gasteiger partial charge is 0.147 e. The molecular formula is C13H18FN3. The molecule has 0 fully saturated rings. The molecule has 0 aromatic heterocycles. The number of anilines is 1. The van der Waals surface area contributed by atoms with Gasteiger partial charge in [0.25, 0.3) is 0 Å². The van der Waals surface area contributed by atoms with Crippen molar-refractivity contribution in [2.75, 3.05) is 39.1 Å². The number of hydrogen-bond donors (Lipinski definition) is 0. The van der Waals surface area contributed by atoms with Crippen LogP contribution in [0.2, 0.25) is 0 Å². The van der Waals surface area contributed by atoms with Gasteiger partial charge in [-0.25, -0.2) is 4.39 Å². The first-order valence-electron chi connectivity index (χ1n) is 5.60. The molecule has 0 saturated heterocycles. The van der Waals surface area contributed by atoms with Gasteiger partial charge in [0, 0.05) is 13.6 Å². The van der Waals surface area contributed by atoms with Crippen LogP contribution in [-0.2, 0) is 0 Å². The first kappa shape index (κ1) is 13.5. The fourth-order valence-electron chi connectivity index (χ4n) is 1.63. The monoisotopic (exact) mass is 235 g/mol. The van der Waals surface area contributed by atoms with Gasteiger partial charge in [-0.2, -0.15) is 5.26 Å². The lowest BCUT2D eigenvalue weighted by Crippen LogP contribution is -2.24. The summed E-state index contributed by atoms with van der Waals surface area (Å²) in [6.07, 6.45) is 0.975. The summed E-state index contributed by atoms with van der Waals surface area (Å²) in [6, 6.07) is 6.50. The lowest BCUT2D eigenvalue weighted by atomic mass is 10.2. The van der Waals surface area contributed by atoms with E-state index in [0.29, 0.717) is 11.3 Å². The zero-order chi connectivity index (χ0) is 12.8. The Morgan fingerprint density at radius 3 is 2.47 bits per heavy atom. The van der Waals surface area contributed by atoms with E-state index >= 15 is 0 Å². The molecule has 0 aliphatic rings. The van der Waals surface area contributed by atoms with E-state index in [0.717, 1.165) is 19.5 Å². The van der Waals surface area contributed by atoms with E-state index in [1.165, 1.54) is 6.07 Å². The highest BCUT2D eigenvalue weighted by atomic mass is 19.1. The Kier molecular flexibility index (Phi) is 4.92. The Morgan fingerprint density at radius 2 is 1.94 bits per heavy atom. The molecule has 4 heteroatoms. The van der Waals surface area contributed by atoms with Crippen molar-refractivity contribution in [2.24, 2.45) is 0 Å². The van der Waals surface area contributed by atoms with Crippen LogP contribution in [0.25, 0.3) is 0 Å². The van der Waals surface area contributed by atoms with E-state index in [1.54, 1.807) is 12.1 Å². The largest absolute Gasteiger partial charge is 0.372 e. The van der Waals surface area contributed by atoms with Crippen LogP contribution in [0.1, 0.15) is 12.0 Å². The predicted octanol–water partition coefficient (Wildman–Crippen LogP) is 2.09. The number of nitrogens with zero attached hydrogens (tertiary/aromatic N) is 3. The van der Waals surface area contributed by atoms with E-state index in [2.05, 4.69) is 4.90 Å². The van der Waals surface area contributed by atoms with Gasteiger partial charge in [0.1, 0.15) is 5.82 Å². The van der Waals surface area contributed by atoms with Crippen LogP contribution in [0.4, 0.5) is 10.1 Å². The lowest BCUT2D eigenvalue weighted by Gasteiger charge is -2.21. The molecule has 0 saturated carbocycles. The molecular weight excluding hydrogens is 217 g/mol. The van der Waals surface area contributed by atoms with E-state index in [1.807, 2.05) is 32.1 Å². The third-order valence-corrected chi connectivity index (χ3v) is 2.59. The molecule has 1 aromatic carbocycles. The molecule has 3 nitrogen and oxygen atoms in total. The fourth-order valence-corrected chi connectivity index (χ4v) is 1.63. The second kappa shape index (κ2) is 6.21. The highest BCUT2D eigenvalue weighted by molar-refractivity contribution is 5.50. The van der Waals surface area contributed by atoms with Gasteiger partial charge >= 0.3 is 0 Å². The minimum Gasteiger partial charge on any atom is -0.372 e. The molecule has 0 atom stereocenters. The van der Waals surface area contributed by atoms with Crippen LogP contribution < -0.4 is 4.90 Å². The number of nitriles is 1. The minimum atomic E-state index is -0.337. The molecule has 0 bridgehead atoms. The molecule has 92 valence electrons. The van der Waals surface area contributed by atoms with E-state index in [9.17, 15) is 4.39 Å². The molecule has 0 aliphatic carbocycles. The molecule has 0 amide bonds. The molecule has 0 N–H and O–H groups in total. The molecule has 0 aliphatic heterocycles. The third kappa shape index (κ3) is 4.04. The maximum absolute atomic E-state index is 13.7. The van der Waals surface area contributed by atoms with Gasteiger partial charge < -0.3 is 9.80 Å². The van der Waals surface area contributed by atoms with Gasteiger partial charge in [-0.1, -0.05) is 0 Å². The van der Waals surface area contributed by atoms with Crippen LogP contribution >= 0.6 is 0 Å². The quantitative estimate of drug-likeness (QED) is 0.782. The molecule has 1 rings (SSSR count). The summed E-state index contributed by atoms with van der Waals surface area (Å²) in [5.74, 6) is -0.337. The van der Waals surface area contributed by atoms with E-state index in [-0.39, 0.29) is 5.82 Å². The Labute approximate surface area is 102 Å². The Morgan fingerprint density at radius 1 is 1.24 bits per heavy atom. The number of benzene rings is 1. The number of halogens is 1. The maximum Gasteiger partial charge on any atom is 0.147 e. The standard InChI is InChI=1S/C13H18FN3/c1-16(2)7-4-8-17(3)13-6-5-11(10-15)9-12(13)14/h5-6,9H,4,7-8H2,1-3H3. The number of hydrogen-bond acceptors (Lipinski definition) is 3. The van der Waals surface area contributed by atoms with Gasteiger partial charge in [-0.3, -0.25) is 0 Å². The topological polar surface area (TPSA) is 30.3 Å². The normalized spacial score (nSPS) is 10.4. The molecule has 0 radical (unpaired) electrons. The average molecular weight is 235 g/mol. The fraction of sp³-hybridized carbons (Fsp3) is 0.462. The van der Waals surface area contributed by atoms with Crippen molar-refractivity contribution in [1.29, 1.82) is 5.26 Å². The molecule has 0 spiro atoms. The van der Waals surface area contributed by atoms with Crippen molar-refractivity contribution in [3.63, 3.8) is 0 Å². The van der Waals surface area contributed by atoms with Crippen molar-refractivity contribution >= 4 is 5.69 Å². The zero-order valence-electron chi connectivity index (χ0n) is 10.6. The summed E-state index contributed by atoms with van der Waals surface area (Å²) in [5.41, 5.74) is 0.899. The highest BCUT2D eigenvalue weighted by Crippen LogP contribution is 2.19. The first-order valence-corrected chi connectivity index (χ1v) is 5.60. The zero-order valence-corrected chi connectivity index (χ0v) is 10.6. The van der Waals surface area contributed by atoms with Crippen LogP contribution in [0.3, 0.4) is 0 Å². The van der Waals surface area contributed by atoms with E-state index in [4.69, 9.17) is 5.26 Å². The molecule has 1 aromatic rings. The van der Waals surface area contributed by atoms with Crippen LogP contribution in [0, 0.1) is 17.1 Å². The van der Waals surface area contributed by atoms with Gasteiger partial charge in [0.2, 0.25) is 0 Å². The number of rotatable bonds is 5. The summed E-state index contributed by atoms with van der Waals surface area (Å²) < 4.78 is 13.7. The Balaban J connectivity index is 2.63. The third-order valence-electron chi connectivity index (χ3n) is 2.59. The first-order chi connectivity index (χ1) is 8.04. The van der Waals surface area contributed by atoms with Crippen molar-refractivity contribution in [3.05, 3.63) is 29.6 Å². The summed E-state index contributed by atoms with van der Waals surface area (Å²) in [7, 11) is 5.89.